The molecule has 0 unspecified atom stereocenters. The molecule has 0 amide bonds. The first-order valence-corrected chi connectivity index (χ1v) is 2.27. The molecule has 40 valence electrons. The van der Waals surface area contributed by atoms with Gasteiger partial charge in [0, 0.05) is 0 Å². The van der Waals surface area contributed by atoms with E-state index in [0.717, 1.165) is 0 Å². The number of hydrogen-bond donors (Lipinski definition) is 0. The molecule has 0 saturated carbocycles. The fourth-order valence-corrected chi connectivity index (χ4v) is 0. The zero-order chi connectivity index (χ0) is 4.50. The van der Waals surface area contributed by atoms with Crippen molar-refractivity contribution in [1.29, 1.82) is 0 Å². The van der Waals surface area contributed by atoms with Crippen LogP contribution in [0.4, 0.5) is 16.4 Å². The predicted molar refractivity (Wildman–Crippen MR) is 25.6 cm³/mol. The molecule has 6 heteroatoms. The highest BCUT2D eigenvalue weighted by Crippen LogP contribution is 2.06. The van der Waals surface area contributed by atoms with E-state index in [9.17, 15) is 16.4 Å². The van der Waals surface area contributed by atoms with E-state index in [4.69, 9.17) is 0 Å². The summed E-state index contributed by atoms with van der Waals surface area (Å²) >= 11 is 0. The summed E-state index contributed by atoms with van der Waals surface area (Å²) in [4.78, 5) is 0. The van der Waals surface area contributed by atoms with Gasteiger partial charge in [0.25, 0.3) is 0 Å². The van der Waals surface area contributed by atoms with E-state index in [1.54, 1.807) is 0 Å². The minimum absolute atomic E-state index is 0. The highest BCUT2D eigenvalue weighted by molar-refractivity contribution is 14.0. The van der Waals surface area contributed by atoms with Gasteiger partial charge < -0.3 is 0 Å². The van der Waals surface area contributed by atoms with Crippen LogP contribution in [-0.2, 0) is 0 Å². The summed E-state index contributed by atoms with van der Waals surface area (Å²) in [6.45, 7) is 0. The minimum atomic E-state index is -6.61. The van der Waals surface area contributed by atoms with Crippen molar-refractivity contribution in [1.82, 2.24) is 0 Å². The fraction of sp³-hybridized carbons (Fsp3) is 0. The molecule has 0 heterocycles. The van der Waals surface area contributed by atoms with Crippen molar-refractivity contribution in [2.45, 2.75) is 0 Å². The number of hydrogen-bond acceptors (Lipinski definition) is 0. The van der Waals surface area contributed by atoms with Crippen LogP contribution in [0.15, 0.2) is 0 Å². The monoisotopic (exact) mass is 232 g/mol. The normalized spacial score (nSPS) is 10.0. The Morgan fingerprint density at radius 3 is 0.833 bits per heavy atom. The van der Waals surface area contributed by atoms with Crippen LogP contribution < -0.4 is 0 Å². The van der Waals surface area contributed by atoms with Gasteiger partial charge in [-0.25, -0.2) is 16.4 Å². The van der Waals surface area contributed by atoms with Gasteiger partial charge in [-0.3, -0.25) is 0 Å². The summed E-state index contributed by atoms with van der Waals surface area (Å²) in [5.74, 6) is 0. The van der Waals surface area contributed by atoms with Crippen LogP contribution in [-0.4, -0.2) is 9.41 Å². The summed E-state index contributed by atoms with van der Waals surface area (Å²) in [6, 6.07) is 0. The quantitative estimate of drug-likeness (QED) is 0.259. The van der Waals surface area contributed by atoms with Crippen LogP contribution in [0.2, 0.25) is 0 Å². The molecule has 0 aromatic rings. The van der Waals surface area contributed by atoms with Gasteiger partial charge in [-0.05, 0) is 0 Å². The van der Waals surface area contributed by atoms with Crippen LogP contribution in [0.5, 0.6) is 0 Å². The summed E-state index contributed by atoms with van der Waals surface area (Å²) in [7, 11) is -6.61. The van der Waals surface area contributed by atoms with Crippen molar-refractivity contribution in [3.63, 3.8) is 0 Å². The van der Waals surface area contributed by atoms with Gasteiger partial charge in [0.05, 0.1) is 0 Å². The second-order valence-corrected chi connectivity index (χ2v) is 1.29. The lowest BCUT2D eigenvalue weighted by atomic mass is 18.6. The van der Waals surface area contributed by atoms with Crippen LogP contribution in [0.1, 0.15) is 0 Å². The van der Waals surface area contributed by atoms with E-state index in [1.165, 1.54) is 0 Å². The van der Waals surface area contributed by atoms with Gasteiger partial charge in [-0.2, -0.15) is 0 Å². The Hall–Kier alpha value is 0.667. The van der Waals surface area contributed by atoms with Gasteiger partial charge in [-0.15, -0.1) is 24.0 Å². The molecule has 0 nitrogen and oxygen atoms in total. The first-order valence-electron chi connectivity index (χ1n) is 0.756. The predicted octanol–water partition coefficient (Wildman–Crippen LogP) is 1.92. The minimum Gasteiger partial charge on any atom is -0.211 e. The first-order chi connectivity index (χ1) is 2.00. The summed E-state index contributed by atoms with van der Waals surface area (Å²) in [5, 5.41) is 0. The first kappa shape index (κ1) is 9.83. The molecule has 0 aliphatic heterocycles. The van der Waals surface area contributed by atoms with E-state index in [0.29, 0.717) is 0 Å². The van der Waals surface area contributed by atoms with Crippen molar-refractivity contribution in [2.75, 3.05) is 0 Å². The highest BCUT2D eigenvalue weighted by atomic mass is 127. The van der Waals surface area contributed by atoms with Gasteiger partial charge >= 0.3 is 9.41 Å². The van der Waals surface area contributed by atoms with Crippen molar-refractivity contribution in [2.24, 2.45) is 0 Å². The lowest BCUT2D eigenvalue weighted by Gasteiger charge is -1.75. The third-order valence-corrected chi connectivity index (χ3v) is 0. The molecule has 0 aliphatic carbocycles. The third kappa shape index (κ3) is 141. The standard InChI is InChI=1S/F4Si.HI/c1-5(2,3)4;/h;1H. The van der Waals surface area contributed by atoms with Crippen LogP contribution in [0.3, 0.4) is 0 Å². The zero-order valence-corrected chi connectivity index (χ0v) is 5.75. The summed E-state index contributed by atoms with van der Waals surface area (Å²) in [5.41, 5.74) is 0. The number of halogens is 5. The fourth-order valence-electron chi connectivity index (χ4n) is 0. The summed E-state index contributed by atoms with van der Waals surface area (Å²) in [6.07, 6.45) is 0. The molecule has 6 heavy (non-hydrogen) atoms. The Morgan fingerprint density at radius 2 is 0.833 bits per heavy atom. The highest BCUT2D eigenvalue weighted by Gasteiger charge is 2.39. The Labute approximate surface area is 50.3 Å². The Kier molecular flexibility index (Phi) is 4.55. The maximum atomic E-state index is 9.83. The molecule has 0 aromatic heterocycles. The molecule has 0 atom stereocenters. The molecule has 0 rings (SSSR count). The molecule has 0 spiro atoms. The van der Waals surface area contributed by atoms with Crippen molar-refractivity contribution in [3.05, 3.63) is 0 Å². The number of rotatable bonds is 0. The molecule has 0 aromatic carbocycles. The van der Waals surface area contributed by atoms with E-state index in [-0.39, 0.29) is 24.0 Å². The maximum absolute atomic E-state index is 9.83. The lowest BCUT2D eigenvalue weighted by molar-refractivity contribution is 0.368. The van der Waals surface area contributed by atoms with Crippen LogP contribution in [0, 0.1) is 0 Å². The molecular formula is HF4ISi. The molecule has 0 aliphatic rings. The third-order valence-electron chi connectivity index (χ3n) is 0. The second-order valence-electron chi connectivity index (χ2n) is 0.429. The lowest BCUT2D eigenvalue weighted by Crippen LogP contribution is -2.02. The maximum Gasteiger partial charge on any atom is 0.844 e. The SMILES string of the molecule is F[Si](F)(F)F.I. The van der Waals surface area contributed by atoms with Crippen molar-refractivity contribution < 1.29 is 16.4 Å². The molecule has 0 saturated heterocycles. The van der Waals surface area contributed by atoms with Crippen molar-refractivity contribution in [3.8, 4) is 0 Å². The largest absolute Gasteiger partial charge is 0.844 e. The smallest absolute Gasteiger partial charge is 0.211 e. The molecular weight excluding hydrogens is 231 g/mol. The average molecular weight is 232 g/mol. The van der Waals surface area contributed by atoms with E-state index in [1.807, 2.05) is 0 Å². The van der Waals surface area contributed by atoms with Gasteiger partial charge in [0.2, 0.25) is 0 Å². The second kappa shape index (κ2) is 2.78. The topological polar surface area (TPSA) is 0 Å². The van der Waals surface area contributed by atoms with E-state index >= 15 is 0 Å². The van der Waals surface area contributed by atoms with E-state index in [2.05, 4.69) is 0 Å². The summed E-state index contributed by atoms with van der Waals surface area (Å²) < 4.78 is 39.3. The zero-order valence-electron chi connectivity index (χ0n) is 2.42. The Bertz CT molecular complexity index is 23.0. The molecule has 0 fully saturated rings. The van der Waals surface area contributed by atoms with Crippen molar-refractivity contribution >= 4 is 33.4 Å². The molecule has 0 radical (unpaired) electrons. The Morgan fingerprint density at radius 1 is 0.833 bits per heavy atom. The van der Waals surface area contributed by atoms with Crippen LogP contribution >= 0.6 is 24.0 Å². The average Bonchev–Trinajstić information content (AvgIpc) is 0.722. The van der Waals surface area contributed by atoms with Gasteiger partial charge in [-0.1, -0.05) is 0 Å². The Balaban J connectivity index is 0. The van der Waals surface area contributed by atoms with Crippen LogP contribution in [0.25, 0.3) is 0 Å². The van der Waals surface area contributed by atoms with Gasteiger partial charge in [0.1, 0.15) is 0 Å². The molecule has 0 bridgehead atoms. The van der Waals surface area contributed by atoms with Gasteiger partial charge in [0.15, 0.2) is 0 Å². The van der Waals surface area contributed by atoms with E-state index < -0.39 is 9.41 Å². The molecule has 0 N–H and O–H groups in total.